The third-order valence-electron chi connectivity index (χ3n) is 2.67. The molecule has 0 saturated heterocycles. The summed E-state index contributed by atoms with van der Waals surface area (Å²) in [7, 11) is 0.221. The number of rotatable bonds is 6. The second kappa shape index (κ2) is 6.82. The van der Waals surface area contributed by atoms with Crippen LogP contribution < -0.4 is 0 Å². The van der Waals surface area contributed by atoms with Gasteiger partial charge in [0.15, 0.2) is 5.85 Å². The third kappa shape index (κ3) is 3.88. The highest BCUT2D eigenvalue weighted by Crippen LogP contribution is 2.51. The van der Waals surface area contributed by atoms with E-state index in [9.17, 15) is 14.5 Å². The second-order valence-electron chi connectivity index (χ2n) is 3.78. The highest BCUT2D eigenvalue weighted by molar-refractivity contribution is 7.54. The Bertz CT molecular complexity index is 462. The lowest BCUT2D eigenvalue weighted by Gasteiger charge is -2.19. The van der Waals surface area contributed by atoms with Gasteiger partial charge in [-0.15, -0.1) is 0 Å². The van der Waals surface area contributed by atoms with Crippen molar-refractivity contribution in [2.45, 2.75) is 12.3 Å². The Hall–Kier alpha value is -1.20. The van der Waals surface area contributed by atoms with Crippen molar-refractivity contribution >= 4 is 13.6 Å². The van der Waals surface area contributed by atoms with Crippen LogP contribution in [-0.2, 0) is 24.8 Å². The van der Waals surface area contributed by atoms with Crippen molar-refractivity contribution in [2.24, 2.45) is 0 Å². The quantitative estimate of drug-likeness (QED) is 0.635. The van der Waals surface area contributed by atoms with Crippen molar-refractivity contribution in [3.8, 4) is 0 Å². The molecule has 7 heteroatoms. The minimum atomic E-state index is -3.51. The van der Waals surface area contributed by atoms with Crippen LogP contribution in [0.5, 0.6) is 0 Å². The zero-order valence-electron chi connectivity index (χ0n) is 11.0. The summed E-state index contributed by atoms with van der Waals surface area (Å²) in [5.41, 5.74) is 1.11. The van der Waals surface area contributed by atoms with E-state index in [1.54, 1.807) is 24.3 Å². The molecule has 1 unspecified atom stereocenters. The summed E-state index contributed by atoms with van der Waals surface area (Å²) >= 11 is 0. The van der Waals surface area contributed by atoms with E-state index in [0.717, 1.165) is 0 Å². The van der Waals surface area contributed by atoms with E-state index >= 15 is 0 Å². The molecule has 106 valence electrons. The second-order valence-corrected chi connectivity index (χ2v) is 6.18. The van der Waals surface area contributed by atoms with Crippen LogP contribution >= 0.6 is 7.60 Å². The molecule has 0 spiro atoms. The monoisotopic (exact) mass is 288 g/mol. The number of hydrogen-bond acceptors (Lipinski definition) is 6. The first-order valence-corrected chi connectivity index (χ1v) is 7.14. The number of aliphatic hydroxyl groups excluding tert-OH is 1. The smallest absolute Gasteiger partial charge is 0.358 e. The zero-order chi connectivity index (χ0) is 14.5. The number of esters is 1. The molecule has 0 aliphatic heterocycles. The number of benzene rings is 1. The number of carbonyl (C=O) groups is 1. The predicted molar refractivity (Wildman–Crippen MR) is 69.1 cm³/mol. The third-order valence-corrected chi connectivity index (χ3v) is 4.60. The van der Waals surface area contributed by atoms with Gasteiger partial charge in [-0.3, -0.25) is 4.57 Å². The minimum Gasteiger partial charge on any atom is -0.465 e. The molecule has 0 bridgehead atoms. The zero-order valence-corrected chi connectivity index (χ0v) is 11.9. The Morgan fingerprint density at radius 3 is 2.16 bits per heavy atom. The van der Waals surface area contributed by atoms with Crippen LogP contribution in [-0.4, -0.2) is 38.3 Å². The van der Waals surface area contributed by atoms with E-state index in [0.29, 0.717) is 11.1 Å². The average molecular weight is 288 g/mol. The van der Waals surface area contributed by atoms with Gasteiger partial charge in [-0.25, -0.2) is 4.79 Å². The lowest BCUT2D eigenvalue weighted by molar-refractivity contribution is 0.0600. The summed E-state index contributed by atoms with van der Waals surface area (Å²) < 4.78 is 25.9. The van der Waals surface area contributed by atoms with Crippen LogP contribution in [0, 0.1) is 0 Å². The van der Waals surface area contributed by atoms with Crippen LogP contribution in [0.1, 0.15) is 15.9 Å². The molecular weight excluding hydrogens is 271 g/mol. The van der Waals surface area contributed by atoms with Crippen molar-refractivity contribution in [1.82, 2.24) is 0 Å². The van der Waals surface area contributed by atoms with Gasteiger partial charge in [-0.05, 0) is 17.7 Å². The first kappa shape index (κ1) is 15.9. The molecule has 1 aromatic carbocycles. The summed E-state index contributed by atoms with van der Waals surface area (Å²) in [6.07, 6.45) is 0.0976. The van der Waals surface area contributed by atoms with Crippen LogP contribution in [0.4, 0.5) is 0 Å². The fourth-order valence-corrected chi connectivity index (χ4v) is 2.61. The fraction of sp³-hybridized carbons (Fsp3) is 0.417. The highest BCUT2D eigenvalue weighted by atomic mass is 31.2. The molecule has 0 saturated carbocycles. The van der Waals surface area contributed by atoms with Crippen molar-refractivity contribution in [1.29, 1.82) is 0 Å². The normalized spacial score (nSPS) is 13.1. The molecule has 1 aromatic rings. The van der Waals surface area contributed by atoms with E-state index in [1.807, 2.05) is 0 Å². The van der Waals surface area contributed by atoms with Gasteiger partial charge in [0.05, 0.1) is 12.7 Å². The van der Waals surface area contributed by atoms with Crippen LogP contribution in [0.2, 0.25) is 0 Å². The Labute approximate surface area is 111 Å². The van der Waals surface area contributed by atoms with E-state index in [2.05, 4.69) is 4.74 Å². The summed E-state index contributed by atoms with van der Waals surface area (Å²) in [6, 6.07) is 6.42. The highest BCUT2D eigenvalue weighted by Gasteiger charge is 2.32. The Morgan fingerprint density at radius 2 is 1.74 bits per heavy atom. The standard InChI is InChI=1S/C12H17O6P/c1-16-12(14)10-6-4-9(5-7-10)8-11(13)19(15,17-2)18-3/h4-7,11,13H,8H2,1-3H3. The molecule has 0 aliphatic rings. The maximum atomic E-state index is 11.9. The van der Waals surface area contributed by atoms with Gasteiger partial charge in [0.1, 0.15) is 0 Å². The van der Waals surface area contributed by atoms with Gasteiger partial charge < -0.3 is 18.9 Å². The number of aliphatic hydroxyl groups is 1. The number of carbonyl (C=O) groups excluding carboxylic acids is 1. The SMILES string of the molecule is COC(=O)c1ccc(CC(O)P(=O)(OC)OC)cc1. The number of ether oxygens (including phenoxy) is 1. The van der Waals surface area contributed by atoms with Crippen LogP contribution in [0.3, 0.4) is 0 Å². The molecule has 1 atom stereocenters. The van der Waals surface area contributed by atoms with E-state index < -0.39 is 19.4 Å². The molecule has 0 aromatic heterocycles. The van der Waals surface area contributed by atoms with E-state index in [1.165, 1.54) is 21.3 Å². The summed E-state index contributed by atoms with van der Waals surface area (Å²) in [6.45, 7) is 0. The first-order chi connectivity index (χ1) is 8.96. The topological polar surface area (TPSA) is 82.1 Å². The average Bonchev–Trinajstić information content (AvgIpc) is 2.46. The Kier molecular flexibility index (Phi) is 5.69. The van der Waals surface area contributed by atoms with Crippen molar-refractivity contribution < 1.29 is 28.3 Å². The van der Waals surface area contributed by atoms with E-state index in [4.69, 9.17) is 9.05 Å². The lowest BCUT2D eigenvalue weighted by atomic mass is 10.1. The van der Waals surface area contributed by atoms with Crippen LogP contribution in [0.25, 0.3) is 0 Å². The van der Waals surface area contributed by atoms with Gasteiger partial charge in [0.2, 0.25) is 0 Å². The number of methoxy groups -OCH3 is 1. The van der Waals surface area contributed by atoms with Gasteiger partial charge in [-0.2, -0.15) is 0 Å². The molecule has 0 radical (unpaired) electrons. The molecule has 1 N–H and O–H groups in total. The lowest BCUT2D eigenvalue weighted by Crippen LogP contribution is -2.13. The van der Waals surface area contributed by atoms with E-state index in [-0.39, 0.29) is 6.42 Å². The summed E-state index contributed by atoms with van der Waals surface area (Å²) in [5.74, 6) is -1.70. The van der Waals surface area contributed by atoms with Gasteiger partial charge in [-0.1, -0.05) is 12.1 Å². The molecule has 0 heterocycles. The van der Waals surface area contributed by atoms with Crippen molar-refractivity contribution in [3.63, 3.8) is 0 Å². The Morgan fingerprint density at radius 1 is 1.21 bits per heavy atom. The first-order valence-electron chi connectivity index (χ1n) is 5.53. The molecular formula is C12H17O6P. The molecule has 1 rings (SSSR count). The van der Waals surface area contributed by atoms with Crippen LogP contribution in [0.15, 0.2) is 24.3 Å². The number of hydrogen-bond donors (Lipinski definition) is 1. The molecule has 6 nitrogen and oxygen atoms in total. The fourth-order valence-electron chi connectivity index (χ4n) is 1.54. The van der Waals surface area contributed by atoms with Gasteiger partial charge >= 0.3 is 13.6 Å². The minimum absolute atomic E-state index is 0.0976. The predicted octanol–water partition coefficient (Wildman–Crippen LogP) is 1.82. The van der Waals surface area contributed by atoms with Gasteiger partial charge in [0.25, 0.3) is 0 Å². The maximum absolute atomic E-state index is 11.9. The molecule has 0 fully saturated rings. The molecule has 19 heavy (non-hydrogen) atoms. The van der Waals surface area contributed by atoms with Crippen molar-refractivity contribution in [3.05, 3.63) is 35.4 Å². The van der Waals surface area contributed by atoms with Gasteiger partial charge in [0, 0.05) is 20.6 Å². The van der Waals surface area contributed by atoms with Crippen molar-refractivity contribution in [2.75, 3.05) is 21.3 Å². The maximum Gasteiger partial charge on any atom is 0.358 e. The molecule has 0 amide bonds. The summed E-state index contributed by atoms with van der Waals surface area (Å²) in [4.78, 5) is 11.2. The largest absolute Gasteiger partial charge is 0.465 e. The Balaban J connectivity index is 2.78. The summed E-state index contributed by atoms with van der Waals surface area (Å²) in [5, 5.41) is 9.84. The molecule has 0 aliphatic carbocycles.